The second-order valence-corrected chi connectivity index (χ2v) is 6.65. The van der Waals surface area contributed by atoms with E-state index in [1.54, 1.807) is 0 Å². The van der Waals surface area contributed by atoms with E-state index in [9.17, 15) is 0 Å². The molecular formula is C19H32N4. The quantitative estimate of drug-likeness (QED) is 0.648. The molecule has 1 saturated heterocycles. The van der Waals surface area contributed by atoms with Crippen LogP contribution in [-0.4, -0.2) is 41.9 Å². The first kappa shape index (κ1) is 17.8. The van der Waals surface area contributed by atoms with Crippen LogP contribution in [0.4, 0.5) is 0 Å². The van der Waals surface area contributed by atoms with Gasteiger partial charge in [0.05, 0.1) is 6.54 Å². The van der Waals surface area contributed by atoms with Gasteiger partial charge in [-0.1, -0.05) is 31.2 Å². The normalized spacial score (nSPS) is 19.8. The molecule has 1 aromatic rings. The zero-order valence-corrected chi connectivity index (χ0v) is 15.0. The van der Waals surface area contributed by atoms with Crippen molar-refractivity contribution in [2.24, 2.45) is 16.6 Å². The maximum absolute atomic E-state index is 6.02. The smallest absolute Gasteiger partial charge is 0.191 e. The highest BCUT2D eigenvalue weighted by Gasteiger charge is 2.16. The van der Waals surface area contributed by atoms with Crippen molar-refractivity contribution >= 4 is 5.96 Å². The predicted molar refractivity (Wildman–Crippen MR) is 98.4 cm³/mol. The van der Waals surface area contributed by atoms with E-state index >= 15 is 0 Å². The predicted octanol–water partition coefficient (Wildman–Crippen LogP) is 3.08. The fourth-order valence-corrected chi connectivity index (χ4v) is 3.26. The summed E-state index contributed by atoms with van der Waals surface area (Å²) in [5.74, 6) is 1.47. The van der Waals surface area contributed by atoms with E-state index in [1.807, 2.05) is 0 Å². The molecule has 0 saturated carbocycles. The molecule has 1 aliphatic rings. The van der Waals surface area contributed by atoms with Gasteiger partial charge in [-0.25, -0.2) is 4.99 Å². The minimum absolute atomic E-state index is 0.640. The van der Waals surface area contributed by atoms with Gasteiger partial charge in [-0.3, -0.25) is 4.90 Å². The van der Waals surface area contributed by atoms with Crippen molar-refractivity contribution in [3.8, 4) is 0 Å². The Hall–Kier alpha value is -1.55. The van der Waals surface area contributed by atoms with Crippen molar-refractivity contribution in [3.05, 3.63) is 35.4 Å². The molecule has 0 aromatic heterocycles. The maximum atomic E-state index is 6.02. The van der Waals surface area contributed by atoms with E-state index in [1.165, 1.54) is 37.1 Å². The number of nitrogens with zero attached hydrogens (tertiary/aromatic N) is 3. The van der Waals surface area contributed by atoms with E-state index in [-0.39, 0.29) is 0 Å². The number of piperidine rings is 1. The Labute approximate surface area is 141 Å². The zero-order valence-electron chi connectivity index (χ0n) is 15.0. The number of hydrogen-bond donors (Lipinski definition) is 1. The molecule has 1 aliphatic heterocycles. The van der Waals surface area contributed by atoms with Crippen LogP contribution < -0.4 is 5.73 Å². The van der Waals surface area contributed by atoms with Crippen LogP contribution >= 0.6 is 0 Å². The molecule has 2 N–H and O–H groups in total. The Kier molecular flexibility index (Phi) is 6.90. The highest BCUT2D eigenvalue weighted by atomic mass is 15.2. The molecule has 1 fully saturated rings. The van der Waals surface area contributed by atoms with Crippen molar-refractivity contribution < 1.29 is 0 Å². The third-order valence-electron chi connectivity index (χ3n) is 4.68. The summed E-state index contributed by atoms with van der Waals surface area (Å²) in [7, 11) is 0. The summed E-state index contributed by atoms with van der Waals surface area (Å²) in [5, 5.41) is 0. The Morgan fingerprint density at radius 3 is 2.48 bits per heavy atom. The number of benzene rings is 1. The largest absolute Gasteiger partial charge is 0.370 e. The van der Waals surface area contributed by atoms with E-state index in [4.69, 9.17) is 5.73 Å². The van der Waals surface area contributed by atoms with Crippen LogP contribution in [0, 0.1) is 5.92 Å². The average molecular weight is 316 g/mol. The van der Waals surface area contributed by atoms with E-state index in [0.717, 1.165) is 25.6 Å². The van der Waals surface area contributed by atoms with Crippen molar-refractivity contribution in [2.45, 2.75) is 46.7 Å². The molecule has 0 bridgehead atoms. The Morgan fingerprint density at radius 2 is 1.87 bits per heavy atom. The van der Waals surface area contributed by atoms with Gasteiger partial charge in [0, 0.05) is 26.2 Å². The van der Waals surface area contributed by atoms with Gasteiger partial charge < -0.3 is 10.6 Å². The Bertz CT molecular complexity index is 491. The summed E-state index contributed by atoms with van der Waals surface area (Å²) in [5.41, 5.74) is 8.63. The Balaban J connectivity index is 1.88. The number of aliphatic imine (C=N–C) groups is 1. The maximum Gasteiger partial charge on any atom is 0.191 e. The van der Waals surface area contributed by atoms with Gasteiger partial charge in [0.15, 0.2) is 5.96 Å². The number of guanidine groups is 1. The molecule has 0 spiro atoms. The molecule has 2 rings (SSSR count). The average Bonchev–Trinajstić information content (AvgIpc) is 2.55. The number of nitrogens with two attached hydrogens (primary N) is 1. The SMILES string of the molecule is CCN(CC)C(N)=NCc1ccc(CN2CCCC(C)C2)cc1. The topological polar surface area (TPSA) is 44.9 Å². The molecule has 0 aliphatic carbocycles. The number of rotatable bonds is 6. The first-order valence-electron chi connectivity index (χ1n) is 8.97. The summed E-state index contributed by atoms with van der Waals surface area (Å²) < 4.78 is 0. The molecule has 4 heteroatoms. The summed E-state index contributed by atoms with van der Waals surface area (Å²) >= 11 is 0. The van der Waals surface area contributed by atoms with E-state index < -0.39 is 0 Å². The van der Waals surface area contributed by atoms with Crippen LogP contribution in [0.1, 0.15) is 44.7 Å². The fraction of sp³-hybridized carbons (Fsp3) is 0.632. The highest BCUT2D eigenvalue weighted by molar-refractivity contribution is 5.77. The van der Waals surface area contributed by atoms with Gasteiger partial charge in [0.25, 0.3) is 0 Å². The number of likely N-dealkylation sites (tertiary alicyclic amines) is 1. The fourth-order valence-electron chi connectivity index (χ4n) is 3.26. The molecule has 4 nitrogen and oxygen atoms in total. The van der Waals surface area contributed by atoms with E-state index in [0.29, 0.717) is 12.5 Å². The van der Waals surface area contributed by atoms with Crippen LogP contribution in [-0.2, 0) is 13.1 Å². The third kappa shape index (κ3) is 5.54. The zero-order chi connectivity index (χ0) is 16.7. The van der Waals surface area contributed by atoms with Gasteiger partial charge in [0.2, 0.25) is 0 Å². The second-order valence-electron chi connectivity index (χ2n) is 6.65. The lowest BCUT2D eigenvalue weighted by Crippen LogP contribution is -2.37. The summed E-state index contributed by atoms with van der Waals surface area (Å²) in [6, 6.07) is 8.83. The molecule has 0 radical (unpaired) electrons. The minimum atomic E-state index is 0.640. The summed E-state index contributed by atoms with van der Waals surface area (Å²) in [6.45, 7) is 12.5. The van der Waals surface area contributed by atoms with Crippen LogP contribution in [0.15, 0.2) is 29.3 Å². The van der Waals surface area contributed by atoms with Crippen molar-refractivity contribution in [1.29, 1.82) is 0 Å². The molecule has 23 heavy (non-hydrogen) atoms. The first-order valence-corrected chi connectivity index (χ1v) is 8.97. The Morgan fingerprint density at radius 1 is 1.22 bits per heavy atom. The molecule has 1 aromatic carbocycles. The van der Waals surface area contributed by atoms with Crippen molar-refractivity contribution in [2.75, 3.05) is 26.2 Å². The molecule has 1 unspecified atom stereocenters. The molecule has 1 heterocycles. The monoisotopic (exact) mass is 316 g/mol. The third-order valence-corrected chi connectivity index (χ3v) is 4.68. The lowest BCUT2D eigenvalue weighted by atomic mass is 9.99. The van der Waals surface area contributed by atoms with Gasteiger partial charge in [-0.15, -0.1) is 0 Å². The second kappa shape index (κ2) is 8.92. The molecule has 1 atom stereocenters. The molecule has 0 amide bonds. The van der Waals surface area contributed by atoms with Crippen molar-refractivity contribution in [1.82, 2.24) is 9.80 Å². The number of hydrogen-bond acceptors (Lipinski definition) is 2. The standard InChI is InChI=1S/C19H32N4/c1-4-23(5-2)19(20)21-13-17-8-10-18(11-9-17)15-22-12-6-7-16(3)14-22/h8-11,16H,4-7,12-15H2,1-3H3,(H2,20,21). The molecule has 128 valence electrons. The van der Waals surface area contributed by atoms with Gasteiger partial charge in [0.1, 0.15) is 0 Å². The van der Waals surface area contributed by atoms with Crippen molar-refractivity contribution in [3.63, 3.8) is 0 Å². The summed E-state index contributed by atoms with van der Waals surface area (Å²) in [6.07, 6.45) is 2.71. The molecular weight excluding hydrogens is 284 g/mol. The summed E-state index contributed by atoms with van der Waals surface area (Å²) in [4.78, 5) is 9.15. The highest BCUT2D eigenvalue weighted by Crippen LogP contribution is 2.18. The first-order chi connectivity index (χ1) is 11.1. The van der Waals surface area contributed by atoms with Crippen LogP contribution in [0.2, 0.25) is 0 Å². The van der Waals surface area contributed by atoms with Crippen LogP contribution in [0.3, 0.4) is 0 Å². The minimum Gasteiger partial charge on any atom is -0.370 e. The van der Waals surface area contributed by atoms with Crippen LogP contribution in [0.5, 0.6) is 0 Å². The van der Waals surface area contributed by atoms with Crippen LogP contribution in [0.25, 0.3) is 0 Å². The van der Waals surface area contributed by atoms with Gasteiger partial charge in [-0.2, -0.15) is 0 Å². The van der Waals surface area contributed by atoms with Gasteiger partial charge >= 0.3 is 0 Å². The van der Waals surface area contributed by atoms with Gasteiger partial charge in [-0.05, 0) is 50.3 Å². The lowest BCUT2D eigenvalue weighted by molar-refractivity contribution is 0.176. The van der Waals surface area contributed by atoms with E-state index in [2.05, 4.69) is 59.8 Å². The lowest BCUT2D eigenvalue weighted by Gasteiger charge is -2.30.